The minimum Gasteiger partial charge on any atom is -0.465 e. The zero-order chi connectivity index (χ0) is 16.9. The van der Waals surface area contributed by atoms with Crippen molar-refractivity contribution in [3.05, 3.63) is 72.6 Å². The second-order valence-corrected chi connectivity index (χ2v) is 4.86. The molecule has 0 aliphatic carbocycles. The molecule has 7 nitrogen and oxygen atoms in total. The highest BCUT2D eigenvalue weighted by atomic mass is 16.5. The van der Waals surface area contributed by atoms with Crippen molar-refractivity contribution in [2.24, 2.45) is 0 Å². The van der Waals surface area contributed by atoms with Gasteiger partial charge in [-0.05, 0) is 24.3 Å². The second-order valence-electron chi connectivity index (χ2n) is 4.86. The van der Waals surface area contributed by atoms with Gasteiger partial charge in [0.2, 0.25) is 0 Å². The number of esters is 1. The highest BCUT2D eigenvalue weighted by Gasteiger charge is 2.15. The number of aromatic nitrogens is 3. The van der Waals surface area contributed by atoms with Crippen molar-refractivity contribution in [3.8, 4) is 5.69 Å². The van der Waals surface area contributed by atoms with E-state index >= 15 is 0 Å². The summed E-state index contributed by atoms with van der Waals surface area (Å²) in [6, 6.07) is 9.99. The molecule has 0 atom stereocenters. The molecule has 24 heavy (non-hydrogen) atoms. The van der Waals surface area contributed by atoms with Crippen LogP contribution in [0.4, 0.5) is 5.69 Å². The number of hydrogen-bond donors (Lipinski definition) is 1. The maximum atomic E-state index is 12.3. The number of methoxy groups -OCH3 is 1. The first-order chi connectivity index (χ1) is 11.7. The summed E-state index contributed by atoms with van der Waals surface area (Å²) in [4.78, 5) is 32.2. The van der Waals surface area contributed by atoms with Gasteiger partial charge in [0, 0.05) is 12.4 Å². The predicted octanol–water partition coefficient (Wildman–Crippen LogP) is 2.31. The Hall–Kier alpha value is -3.48. The van der Waals surface area contributed by atoms with Crippen molar-refractivity contribution in [2.45, 2.75) is 0 Å². The molecule has 0 aliphatic heterocycles. The highest BCUT2D eigenvalue weighted by molar-refractivity contribution is 6.07. The Morgan fingerprint density at radius 3 is 2.67 bits per heavy atom. The van der Waals surface area contributed by atoms with Crippen molar-refractivity contribution in [1.29, 1.82) is 0 Å². The Kier molecular flexibility index (Phi) is 4.33. The molecule has 0 aliphatic rings. The van der Waals surface area contributed by atoms with E-state index in [2.05, 4.69) is 15.3 Å². The summed E-state index contributed by atoms with van der Waals surface area (Å²) in [5, 5.41) is 2.67. The van der Waals surface area contributed by atoms with Crippen LogP contribution in [0.1, 0.15) is 20.8 Å². The normalized spacial score (nSPS) is 10.2. The van der Waals surface area contributed by atoms with Gasteiger partial charge in [-0.1, -0.05) is 12.1 Å². The van der Waals surface area contributed by atoms with E-state index in [4.69, 9.17) is 4.74 Å². The molecule has 0 fully saturated rings. The average Bonchev–Trinajstić information content (AvgIpc) is 3.16. The van der Waals surface area contributed by atoms with Crippen molar-refractivity contribution in [2.75, 3.05) is 12.4 Å². The first-order valence-electron chi connectivity index (χ1n) is 7.12. The van der Waals surface area contributed by atoms with Crippen LogP contribution in [0.2, 0.25) is 0 Å². The Morgan fingerprint density at radius 1 is 1.17 bits per heavy atom. The van der Waals surface area contributed by atoms with Gasteiger partial charge >= 0.3 is 5.97 Å². The molecule has 2 aromatic heterocycles. The summed E-state index contributed by atoms with van der Waals surface area (Å²) in [7, 11) is 1.29. The lowest BCUT2D eigenvalue weighted by Gasteiger charge is -2.09. The number of hydrogen-bond acceptors (Lipinski definition) is 5. The zero-order valence-corrected chi connectivity index (χ0v) is 12.8. The molecule has 0 bridgehead atoms. The number of para-hydroxylation sites is 1. The standard InChI is InChI=1S/C17H14N4O3/c1-24-17(23)13-4-2-3-5-14(13)20-16(22)15-7-6-12(10-19-15)21-9-8-18-11-21/h2-11H,1H3,(H,20,22). The third-order valence-electron chi connectivity index (χ3n) is 3.36. The van der Waals surface area contributed by atoms with Crippen molar-refractivity contribution >= 4 is 17.6 Å². The fraction of sp³-hybridized carbons (Fsp3) is 0.0588. The first kappa shape index (κ1) is 15.4. The van der Waals surface area contributed by atoms with Crippen LogP contribution in [0.3, 0.4) is 0 Å². The number of nitrogens with one attached hydrogen (secondary N) is 1. The van der Waals surface area contributed by atoms with E-state index in [1.54, 1.807) is 65.9 Å². The molecule has 120 valence electrons. The largest absolute Gasteiger partial charge is 0.465 e. The maximum absolute atomic E-state index is 12.3. The average molecular weight is 322 g/mol. The molecule has 0 unspecified atom stereocenters. The van der Waals surface area contributed by atoms with Gasteiger partial charge in [0.15, 0.2) is 0 Å². The van der Waals surface area contributed by atoms with Crippen LogP contribution in [0, 0.1) is 0 Å². The van der Waals surface area contributed by atoms with Crippen molar-refractivity contribution < 1.29 is 14.3 Å². The molecule has 0 spiro atoms. The number of rotatable bonds is 4. The van der Waals surface area contributed by atoms with E-state index in [1.807, 2.05) is 0 Å². The third kappa shape index (κ3) is 3.14. The number of nitrogens with zero attached hydrogens (tertiary/aromatic N) is 3. The fourth-order valence-electron chi connectivity index (χ4n) is 2.15. The van der Waals surface area contributed by atoms with E-state index in [-0.39, 0.29) is 11.3 Å². The summed E-state index contributed by atoms with van der Waals surface area (Å²) >= 11 is 0. The van der Waals surface area contributed by atoms with Crippen molar-refractivity contribution in [3.63, 3.8) is 0 Å². The van der Waals surface area contributed by atoms with E-state index < -0.39 is 11.9 Å². The van der Waals surface area contributed by atoms with E-state index in [9.17, 15) is 9.59 Å². The van der Waals surface area contributed by atoms with Crippen LogP contribution in [0.15, 0.2) is 61.3 Å². The van der Waals surface area contributed by atoms with E-state index in [0.29, 0.717) is 5.69 Å². The maximum Gasteiger partial charge on any atom is 0.339 e. The van der Waals surface area contributed by atoms with E-state index in [0.717, 1.165) is 5.69 Å². The predicted molar refractivity (Wildman–Crippen MR) is 87.1 cm³/mol. The summed E-state index contributed by atoms with van der Waals surface area (Å²) in [6.07, 6.45) is 6.65. The van der Waals surface area contributed by atoms with Crippen molar-refractivity contribution in [1.82, 2.24) is 14.5 Å². The topological polar surface area (TPSA) is 86.1 Å². The number of anilines is 1. The van der Waals surface area contributed by atoms with Gasteiger partial charge < -0.3 is 14.6 Å². The number of imidazole rings is 1. The fourth-order valence-corrected chi connectivity index (χ4v) is 2.15. The molecular weight excluding hydrogens is 308 g/mol. The molecule has 0 saturated carbocycles. The van der Waals surface area contributed by atoms with Gasteiger partial charge in [-0.2, -0.15) is 0 Å². The molecule has 0 saturated heterocycles. The molecule has 7 heteroatoms. The smallest absolute Gasteiger partial charge is 0.339 e. The number of carbonyl (C=O) groups excluding carboxylic acids is 2. The summed E-state index contributed by atoms with van der Waals surface area (Å²) in [5.41, 5.74) is 1.68. The zero-order valence-electron chi connectivity index (χ0n) is 12.8. The summed E-state index contributed by atoms with van der Waals surface area (Å²) in [5.74, 6) is -0.933. The second kappa shape index (κ2) is 6.74. The number of benzene rings is 1. The molecule has 1 N–H and O–H groups in total. The Balaban J connectivity index is 1.80. The molecule has 1 aromatic carbocycles. The van der Waals surface area contributed by atoms with Crippen LogP contribution >= 0.6 is 0 Å². The number of carbonyl (C=O) groups is 2. The van der Waals surface area contributed by atoms with E-state index in [1.165, 1.54) is 7.11 Å². The van der Waals surface area contributed by atoms with Crippen LogP contribution < -0.4 is 5.32 Å². The lowest BCUT2D eigenvalue weighted by Crippen LogP contribution is -2.16. The molecule has 3 aromatic rings. The van der Waals surface area contributed by atoms with Crippen LogP contribution in [-0.2, 0) is 4.74 Å². The quantitative estimate of drug-likeness (QED) is 0.745. The highest BCUT2D eigenvalue weighted by Crippen LogP contribution is 2.17. The lowest BCUT2D eigenvalue weighted by atomic mass is 10.1. The minimum atomic E-state index is -0.519. The number of ether oxygens (including phenoxy) is 1. The van der Waals surface area contributed by atoms with Gasteiger partial charge in [-0.15, -0.1) is 0 Å². The number of amides is 1. The van der Waals surface area contributed by atoms with Gasteiger partial charge in [-0.3, -0.25) is 4.79 Å². The van der Waals surface area contributed by atoms with Crippen LogP contribution in [-0.4, -0.2) is 33.5 Å². The third-order valence-corrected chi connectivity index (χ3v) is 3.36. The van der Waals surface area contributed by atoms with Gasteiger partial charge in [0.25, 0.3) is 5.91 Å². The number of pyridine rings is 1. The SMILES string of the molecule is COC(=O)c1ccccc1NC(=O)c1ccc(-n2ccnc2)cn1. The monoisotopic (exact) mass is 322 g/mol. The molecule has 3 rings (SSSR count). The summed E-state index contributed by atoms with van der Waals surface area (Å²) < 4.78 is 6.49. The van der Waals surface area contributed by atoms with Gasteiger partial charge in [0.05, 0.1) is 36.6 Å². The molecular formula is C17H14N4O3. The lowest BCUT2D eigenvalue weighted by molar-refractivity contribution is 0.0602. The van der Waals surface area contributed by atoms with Crippen LogP contribution in [0.5, 0.6) is 0 Å². The molecule has 0 radical (unpaired) electrons. The Bertz CT molecular complexity index is 858. The van der Waals surface area contributed by atoms with Gasteiger partial charge in [-0.25, -0.2) is 14.8 Å². The van der Waals surface area contributed by atoms with Gasteiger partial charge in [0.1, 0.15) is 5.69 Å². The Morgan fingerprint density at radius 2 is 2.00 bits per heavy atom. The first-order valence-corrected chi connectivity index (χ1v) is 7.12. The summed E-state index contributed by atoms with van der Waals surface area (Å²) in [6.45, 7) is 0. The molecule has 1 amide bonds. The Labute approximate surface area is 137 Å². The van der Waals surface area contributed by atoms with Crippen LogP contribution in [0.25, 0.3) is 5.69 Å². The minimum absolute atomic E-state index is 0.235. The molecule has 2 heterocycles.